The number of rotatable bonds is 13. The minimum absolute atomic E-state index is 1.06. The van der Waals surface area contributed by atoms with Gasteiger partial charge in [-0.1, -0.05) is 52.4 Å². The van der Waals surface area contributed by atoms with Crippen molar-refractivity contribution >= 4 is 0 Å². The van der Waals surface area contributed by atoms with E-state index in [4.69, 9.17) is 0 Å². The first-order valence-corrected chi connectivity index (χ1v) is 12.2. The van der Waals surface area contributed by atoms with Crippen molar-refractivity contribution in [3.8, 4) is 0 Å². The molecule has 0 aromatic carbocycles. The van der Waals surface area contributed by atoms with Crippen molar-refractivity contribution < 1.29 is 8.97 Å². The number of fused-ring (bicyclic) bond motifs is 1. The molecule has 2 rings (SSSR count). The molecule has 2 aliphatic rings. The van der Waals surface area contributed by atoms with Crippen molar-refractivity contribution in [3.63, 3.8) is 0 Å². The molecule has 154 valence electrons. The Hall–Kier alpha value is -0.0800. The van der Waals surface area contributed by atoms with E-state index in [1.165, 1.54) is 125 Å². The highest BCUT2D eigenvalue weighted by molar-refractivity contribution is 4.80. The second kappa shape index (κ2) is 11.1. The zero-order valence-electron chi connectivity index (χ0n) is 18.8. The predicted molar refractivity (Wildman–Crippen MR) is 115 cm³/mol. The molecule has 26 heavy (non-hydrogen) atoms. The third-order valence-corrected chi connectivity index (χ3v) is 7.70. The lowest BCUT2D eigenvalue weighted by atomic mass is 9.82. The zero-order chi connectivity index (χ0) is 18.9. The van der Waals surface area contributed by atoms with Gasteiger partial charge < -0.3 is 8.97 Å². The molecule has 2 fully saturated rings. The Morgan fingerprint density at radius 1 is 0.731 bits per heavy atom. The number of likely N-dealkylation sites (tertiary alicyclic amines) is 1. The summed E-state index contributed by atoms with van der Waals surface area (Å²) < 4.78 is 2.73. The van der Waals surface area contributed by atoms with Crippen LogP contribution in [0.5, 0.6) is 0 Å². The third-order valence-electron chi connectivity index (χ3n) is 7.70. The highest BCUT2D eigenvalue weighted by Crippen LogP contribution is 2.38. The standard InChI is InChI=1S/C24H50N2/c1-5-7-9-13-17-25(3,18-14-10-8-6-2)19-20-26(4)21-23-15-11-12-16-24(23)22-26/h23-24H,5-22H2,1-4H3/q+2. The maximum atomic E-state index is 2.58. The summed E-state index contributed by atoms with van der Waals surface area (Å²) in [5, 5.41) is 0. The molecule has 1 heterocycles. The summed E-state index contributed by atoms with van der Waals surface area (Å²) in [7, 11) is 5.16. The first-order chi connectivity index (χ1) is 12.5. The molecule has 1 aliphatic heterocycles. The third kappa shape index (κ3) is 7.15. The van der Waals surface area contributed by atoms with Gasteiger partial charge in [-0.25, -0.2) is 0 Å². The molecule has 2 nitrogen and oxygen atoms in total. The van der Waals surface area contributed by atoms with Gasteiger partial charge in [0.05, 0.1) is 40.3 Å². The Morgan fingerprint density at radius 2 is 1.23 bits per heavy atom. The molecular formula is C24H50N2+2. The Morgan fingerprint density at radius 3 is 1.69 bits per heavy atom. The van der Waals surface area contributed by atoms with Gasteiger partial charge in [0.25, 0.3) is 0 Å². The smallest absolute Gasteiger partial charge is 0.128 e. The largest absolute Gasteiger partial charge is 0.321 e. The summed E-state index contributed by atoms with van der Waals surface area (Å²) in [5.74, 6) is 2.11. The molecule has 1 aliphatic carbocycles. The van der Waals surface area contributed by atoms with Gasteiger partial charge in [0.15, 0.2) is 0 Å². The van der Waals surface area contributed by atoms with Gasteiger partial charge in [-0.15, -0.1) is 0 Å². The van der Waals surface area contributed by atoms with Crippen LogP contribution in [0.4, 0.5) is 0 Å². The number of quaternary nitrogens is 2. The van der Waals surface area contributed by atoms with Gasteiger partial charge in [-0.3, -0.25) is 0 Å². The Labute approximate surface area is 165 Å². The number of likely N-dealkylation sites (N-methyl/N-ethyl adjacent to an activating group) is 2. The van der Waals surface area contributed by atoms with E-state index >= 15 is 0 Å². The molecule has 2 heteroatoms. The Balaban J connectivity index is 1.83. The fraction of sp³-hybridized carbons (Fsp3) is 1.00. The van der Waals surface area contributed by atoms with Gasteiger partial charge in [0.1, 0.15) is 13.1 Å². The van der Waals surface area contributed by atoms with Crippen LogP contribution >= 0.6 is 0 Å². The normalized spacial score (nSPS) is 29.1. The van der Waals surface area contributed by atoms with Crippen LogP contribution < -0.4 is 0 Å². The van der Waals surface area contributed by atoms with Crippen LogP contribution in [0.2, 0.25) is 0 Å². The average molecular weight is 367 g/mol. The van der Waals surface area contributed by atoms with E-state index in [0.29, 0.717) is 0 Å². The van der Waals surface area contributed by atoms with Crippen LogP contribution in [0.25, 0.3) is 0 Å². The van der Waals surface area contributed by atoms with E-state index in [9.17, 15) is 0 Å². The van der Waals surface area contributed by atoms with Crippen molar-refractivity contribution in [1.29, 1.82) is 0 Å². The first-order valence-electron chi connectivity index (χ1n) is 12.2. The summed E-state index contributed by atoms with van der Waals surface area (Å²) in [5.41, 5.74) is 0. The maximum absolute atomic E-state index is 2.58. The minimum Gasteiger partial charge on any atom is -0.321 e. The van der Waals surface area contributed by atoms with Crippen LogP contribution in [0.15, 0.2) is 0 Å². The lowest BCUT2D eigenvalue weighted by Gasteiger charge is -2.39. The summed E-state index contributed by atoms with van der Waals surface area (Å²) in [6.45, 7) is 13.3. The summed E-state index contributed by atoms with van der Waals surface area (Å²) in [6.07, 6.45) is 17.4. The molecule has 1 saturated heterocycles. The van der Waals surface area contributed by atoms with Crippen molar-refractivity contribution in [2.75, 3.05) is 53.4 Å². The second-order valence-electron chi connectivity index (χ2n) is 10.4. The number of hydrogen-bond acceptors (Lipinski definition) is 0. The second-order valence-corrected chi connectivity index (χ2v) is 10.4. The van der Waals surface area contributed by atoms with Gasteiger partial charge in [0, 0.05) is 11.8 Å². The van der Waals surface area contributed by atoms with E-state index in [-0.39, 0.29) is 0 Å². The summed E-state index contributed by atoms with van der Waals surface area (Å²) in [6, 6.07) is 0. The van der Waals surface area contributed by atoms with Crippen LogP contribution in [0, 0.1) is 11.8 Å². The predicted octanol–water partition coefficient (Wildman–Crippen LogP) is 5.86. The molecule has 2 atom stereocenters. The zero-order valence-corrected chi connectivity index (χ0v) is 18.8. The highest BCUT2D eigenvalue weighted by atomic mass is 15.4. The molecule has 0 bridgehead atoms. The SMILES string of the molecule is CCCCCC[N+](C)(CCCCCC)CC[N+]1(C)CC2CCCCC2C1. The van der Waals surface area contributed by atoms with Gasteiger partial charge in [-0.05, 0) is 38.5 Å². The van der Waals surface area contributed by atoms with Crippen molar-refractivity contribution in [3.05, 3.63) is 0 Å². The highest BCUT2D eigenvalue weighted by Gasteiger charge is 2.44. The number of hydrogen-bond donors (Lipinski definition) is 0. The molecule has 0 aromatic heterocycles. The molecule has 1 saturated carbocycles. The number of nitrogens with zero attached hydrogens (tertiary/aromatic N) is 2. The lowest BCUT2D eigenvalue weighted by molar-refractivity contribution is -0.960. The molecule has 0 amide bonds. The summed E-state index contributed by atoms with van der Waals surface area (Å²) >= 11 is 0. The van der Waals surface area contributed by atoms with Crippen LogP contribution in [-0.2, 0) is 0 Å². The fourth-order valence-corrected chi connectivity index (χ4v) is 5.81. The van der Waals surface area contributed by atoms with E-state index in [1.54, 1.807) is 0 Å². The monoisotopic (exact) mass is 366 g/mol. The molecule has 0 radical (unpaired) electrons. The molecule has 0 N–H and O–H groups in total. The van der Waals surface area contributed by atoms with Crippen LogP contribution in [-0.4, -0.2) is 62.3 Å². The molecular weight excluding hydrogens is 316 g/mol. The van der Waals surface area contributed by atoms with Gasteiger partial charge in [0.2, 0.25) is 0 Å². The minimum atomic E-state index is 1.06. The quantitative estimate of drug-likeness (QED) is 0.283. The van der Waals surface area contributed by atoms with E-state index in [0.717, 1.165) is 11.8 Å². The van der Waals surface area contributed by atoms with E-state index in [2.05, 4.69) is 27.9 Å². The Kier molecular flexibility index (Phi) is 9.44. The van der Waals surface area contributed by atoms with Crippen LogP contribution in [0.1, 0.15) is 90.9 Å². The van der Waals surface area contributed by atoms with E-state index < -0.39 is 0 Å². The Bertz CT molecular complexity index is 352. The van der Waals surface area contributed by atoms with Gasteiger partial charge in [-0.2, -0.15) is 0 Å². The average Bonchev–Trinajstić information content (AvgIpc) is 2.98. The number of unbranched alkanes of at least 4 members (excludes halogenated alkanes) is 6. The van der Waals surface area contributed by atoms with Crippen molar-refractivity contribution in [2.45, 2.75) is 90.9 Å². The molecule has 2 unspecified atom stereocenters. The van der Waals surface area contributed by atoms with Crippen molar-refractivity contribution in [2.24, 2.45) is 11.8 Å². The molecule has 0 spiro atoms. The first kappa shape index (κ1) is 22.2. The van der Waals surface area contributed by atoms with Crippen LogP contribution in [0.3, 0.4) is 0 Å². The maximum Gasteiger partial charge on any atom is 0.128 e. The van der Waals surface area contributed by atoms with E-state index in [1.807, 2.05) is 0 Å². The van der Waals surface area contributed by atoms with Crippen molar-refractivity contribution in [1.82, 2.24) is 0 Å². The molecule has 0 aromatic rings. The summed E-state index contributed by atoms with van der Waals surface area (Å²) in [4.78, 5) is 0. The fourth-order valence-electron chi connectivity index (χ4n) is 5.81. The topological polar surface area (TPSA) is 0 Å². The lowest BCUT2D eigenvalue weighted by Crippen LogP contribution is -2.54. The van der Waals surface area contributed by atoms with Gasteiger partial charge >= 0.3 is 0 Å².